The number of aryl methyl sites for hydroxylation is 1. The van der Waals surface area contributed by atoms with Crippen LogP contribution < -0.4 is 10.6 Å². The SMILES string of the molecule is CNC(C(=O)NCCOCC(F)(F)F)c1cnn(C)c1. The maximum atomic E-state index is 11.9. The lowest BCUT2D eigenvalue weighted by atomic mass is 10.1. The summed E-state index contributed by atoms with van der Waals surface area (Å²) in [7, 11) is 3.33. The molecule has 0 aliphatic carbocycles. The third-order valence-corrected chi connectivity index (χ3v) is 2.42. The predicted molar refractivity (Wildman–Crippen MR) is 64.9 cm³/mol. The molecule has 114 valence electrons. The molecule has 20 heavy (non-hydrogen) atoms. The molecular weight excluding hydrogens is 277 g/mol. The van der Waals surface area contributed by atoms with Gasteiger partial charge in [0.25, 0.3) is 0 Å². The molecule has 0 radical (unpaired) electrons. The summed E-state index contributed by atoms with van der Waals surface area (Å²) in [6, 6.07) is -0.605. The average Bonchev–Trinajstić information content (AvgIpc) is 2.75. The number of hydrogen-bond donors (Lipinski definition) is 2. The van der Waals surface area contributed by atoms with Crippen LogP contribution in [-0.2, 0) is 16.6 Å². The molecule has 0 aliphatic heterocycles. The highest BCUT2D eigenvalue weighted by molar-refractivity contribution is 5.82. The van der Waals surface area contributed by atoms with Crippen LogP contribution >= 0.6 is 0 Å². The number of hydrogen-bond acceptors (Lipinski definition) is 4. The number of ether oxygens (including phenoxy) is 1. The Bertz CT molecular complexity index is 434. The molecule has 0 aromatic carbocycles. The molecule has 0 aliphatic rings. The fourth-order valence-corrected chi connectivity index (χ4v) is 1.57. The highest BCUT2D eigenvalue weighted by Gasteiger charge is 2.27. The number of amides is 1. The summed E-state index contributed by atoms with van der Waals surface area (Å²) in [4.78, 5) is 11.9. The normalized spacial score (nSPS) is 13.2. The predicted octanol–water partition coefficient (Wildman–Crippen LogP) is 0.376. The molecule has 2 N–H and O–H groups in total. The number of likely N-dealkylation sites (N-methyl/N-ethyl adjacent to an activating group) is 1. The van der Waals surface area contributed by atoms with Crippen molar-refractivity contribution in [3.05, 3.63) is 18.0 Å². The lowest BCUT2D eigenvalue weighted by Crippen LogP contribution is -2.37. The summed E-state index contributed by atoms with van der Waals surface area (Å²) in [5, 5.41) is 9.26. The second kappa shape index (κ2) is 7.25. The summed E-state index contributed by atoms with van der Waals surface area (Å²) in [6.07, 6.45) is -1.13. The Balaban J connectivity index is 2.34. The number of carbonyl (C=O) groups is 1. The van der Waals surface area contributed by atoms with E-state index in [4.69, 9.17) is 0 Å². The summed E-state index contributed by atoms with van der Waals surface area (Å²) in [6.45, 7) is -1.51. The number of nitrogens with one attached hydrogen (secondary N) is 2. The highest BCUT2D eigenvalue weighted by Crippen LogP contribution is 2.14. The monoisotopic (exact) mass is 294 g/mol. The van der Waals surface area contributed by atoms with Crippen molar-refractivity contribution in [1.82, 2.24) is 20.4 Å². The fourth-order valence-electron chi connectivity index (χ4n) is 1.57. The maximum Gasteiger partial charge on any atom is 0.411 e. The zero-order valence-electron chi connectivity index (χ0n) is 11.2. The van der Waals surface area contributed by atoms with E-state index in [0.29, 0.717) is 5.56 Å². The van der Waals surface area contributed by atoms with Crippen molar-refractivity contribution in [3.63, 3.8) is 0 Å². The van der Waals surface area contributed by atoms with Crippen LogP contribution in [0.5, 0.6) is 0 Å². The van der Waals surface area contributed by atoms with E-state index in [1.165, 1.54) is 0 Å². The van der Waals surface area contributed by atoms with Gasteiger partial charge in [-0.15, -0.1) is 0 Å². The van der Waals surface area contributed by atoms with Gasteiger partial charge in [0.15, 0.2) is 0 Å². The summed E-state index contributed by atoms with van der Waals surface area (Å²) in [5.74, 6) is -0.351. The van der Waals surface area contributed by atoms with Crippen LogP contribution in [0.4, 0.5) is 13.2 Å². The van der Waals surface area contributed by atoms with Gasteiger partial charge in [-0.25, -0.2) is 0 Å². The van der Waals surface area contributed by atoms with Crippen LogP contribution in [0.2, 0.25) is 0 Å². The molecule has 6 nitrogen and oxygen atoms in total. The van der Waals surface area contributed by atoms with E-state index >= 15 is 0 Å². The van der Waals surface area contributed by atoms with Crippen LogP contribution in [0.15, 0.2) is 12.4 Å². The number of halogens is 3. The van der Waals surface area contributed by atoms with Crippen LogP contribution in [-0.4, -0.2) is 48.7 Å². The lowest BCUT2D eigenvalue weighted by molar-refractivity contribution is -0.173. The van der Waals surface area contributed by atoms with Gasteiger partial charge in [0, 0.05) is 25.4 Å². The van der Waals surface area contributed by atoms with Crippen molar-refractivity contribution < 1.29 is 22.7 Å². The zero-order chi connectivity index (χ0) is 15.2. The molecule has 1 aromatic rings. The molecule has 0 bridgehead atoms. The molecule has 1 unspecified atom stereocenters. The van der Waals surface area contributed by atoms with Crippen molar-refractivity contribution in [2.45, 2.75) is 12.2 Å². The molecule has 0 fully saturated rings. The van der Waals surface area contributed by atoms with Gasteiger partial charge in [-0.2, -0.15) is 18.3 Å². The summed E-state index contributed by atoms with van der Waals surface area (Å²) >= 11 is 0. The van der Waals surface area contributed by atoms with Gasteiger partial charge in [-0.1, -0.05) is 0 Å². The fraction of sp³-hybridized carbons (Fsp3) is 0.636. The van der Waals surface area contributed by atoms with Gasteiger partial charge in [0.2, 0.25) is 5.91 Å². The average molecular weight is 294 g/mol. The third-order valence-electron chi connectivity index (χ3n) is 2.42. The first kappa shape index (κ1) is 16.4. The Hall–Kier alpha value is -1.61. The van der Waals surface area contributed by atoms with E-state index in [2.05, 4.69) is 20.5 Å². The number of aromatic nitrogens is 2. The highest BCUT2D eigenvalue weighted by atomic mass is 19.4. The minimum Gasteiger partial charge on any atom is -0.370 e. The quantitative estimate of drug-likeness (QED) is 0.713. The number of carbonyl (C=O) groups excluding carboxylic acids is 1. The summed E-state index contributed by atoms with van der Waals surface area (Å²) < 4.78 is 41.4. The first-order valence-corrected chi connectivity index (χ1v) is 5.91. The number of rotatable bonds is 7. The molecule has 1 aromatic heterocycles. The van der Waals surface area contributed by atoms with Gasteiger partial charge < -0.3 is 15.4 Å². The first-order chi connectivity index (χ1) is 9.33. The molecule has 0 saturated carbocycles. The zero-order valence-corrected chi connectivity index (χ0v) is 11.2. The molecular formula is C11H17F3N4O2. The van der Waals surface area contributed by atoms with Crippen LogP contribution in [0, 0.1) is 0 Å². The van der Waals surface area contributed by atoms with Gasteiger partial charge in [-0.05, 0) is 7.05 Å². The largest absolute Gasteiger partial charge is 0.411 e. The van der Waals surface area contributed by atoms with Crippen molar-refractivity contribution >= 4 is 5.91 Å². The van der Waals surface area contributed by atoms with Crippen molar-refractivity contribution in [3.8, 4) is 0 Å². The second-order valence-corrected chi connectivity index (χ2v) is 4.13. The van der Waals surface area contributed by atoms with E-state index in [1.54, 1.807) is 31.2 Å². The van der Waals surface area contributed by atoms with E-state index in [9.17, 15) is 18.0 Å². The van der Waals surface area contributed by atoms with E-state index < -0.39 is 18.8 Å². The van der Waals surface area contributed by atoms with Gasteiger partial charge in [0.1, 0.15) is 12.6 Å². The van der Waals surface area contributed by atoms with Gasteiger partial charge >= 0.3 is 6.18 Å². The molecule has 1 rings (SSSR count). The number of nitrogens with zero attached hydrogens (tertiary/aromatic N) is 2. The van der Waals surface area contributed by atoms with Crippen molar-refractivity contribution in [2.24, 2.45) is 7.05 Å². The Morgan fingerprint density at radius 2 is 2.25 bits per heavy atom. The minimum absolute atomic E-state index is 0.00730. The summed E-state index contributed by atoms with van der Waals surface area (Å²) in [5.41, 5.74) is 0.670. The standard InChI is InChI=1S/C11H17F3N4O2/c1-15-9(8-5-17-18(2)6-8)10(19)16-3-4-20-7-11(12,13)14/h5-6,9,15H,3-4,7H2,1-2H3,(H,16,19). The Morgan fingerprint density at radius 1 is 1.55 bits per heavy atom. The Labute approximate surface area is 114 Å². The van der Waals surface area contributed by atoms with Gasteiger partial charge in [0.05, 0.1) is 12.8 Å². The van der Waals surface area contributed by atoms with Crippen LogP contribution in [0.3, 0.4) is 0 Å². The van der Waals surface area contributed by atoms with Crippen molar-refractivity contribution in [2.75, 3.05) is 26.8 Å². The molecule has 9 heteroatoms. The second-order valence-electron chi connectivity index (χ2n) is 4.13. The molecule has 1 atom stereocenters. The molecule has 1 amide bonds. The topological polar surface area (TPSA) is 68.2 Å². The lowest BCUT2D eigenvalue weighted by Gasteiger charge is -2.14. The molecule has 0 spiro atoms. The molecule has 0 saturated heterocycles. The van der Waals surface area contributed by atoms with Crippen LogP contribution in [0.25, 0.3) is 0 Å². The maximum absolute atomic E-state index is 11.9. The minimum atomic E-state index is -4.35. The first-order valence-electron chi connectivity index (χ1n) is 5.91. The molecule has 1 heterocycles. The smallest absolute Gasteiger partial charge is 0.370 e. The Morgan fingerprint density at radius 3 is 2.75 bits per heavy atom. The van der Waals surface area contributed by atoms with E-state index in [1.807, 2.05) is 0 Å². The van der Waals surface area contributed by atoms with Crippen LogP contribution in [0.1, 0.15) is 11.6 Å². The number of alkyl halides is 3. The van der Waals surface area contributed by atoms with Gasteiger partial charge in [-0.3, -0.25) is 9.48 Å². The van der Waals surface area contributed by atoms with E-state index in [-0.39, 0.29) is 19.1 Å². The van der Waals surface area contributed by atoms with E-state index in [0.717, 1.165) is 0 Å². The van der Waals surface area contributed by atoms with Crippen molar-refractivity contribution in [1.29, 1.82) is 0 Å². The third kappa shape index (κ3) is 5.57. The Kier molecular flexibility index (Phi) is 5.96.